The Balaban J connectivity index is 1.53. The van der Waals surface area contributed by atoms with Crippen molar-refractivity contribution in [2.45, 2.75) is 19.3 Å². The van der Waals surface area contributed by atoms with Crippen molar-refractivity contribution in [3.05, 3.63) is 95.2 Å². The minimum Gasteiger partial charge on any atom is -0.497 e. The predicted molar refractivity (Wildman–Crippen MR) is 126 cm³/mol. The number of aromatic nitrogens is 2. The normalized spacial score (nSPS) is 12.0. The van der Waals surface area contributed by atoms with Crippen molar-refractivity contribution < 1.29 is 18.3 Å². The number of ether oxygens (including phenoxy) is 1. The maximum atomic E-state index is 13.6. The minimum atomic E-state index is -0.987. The van der Waals surface area contributed by atoms with Crippen LogP contribution in [-0.4, -0.2) is 23.0 Å². The SMILES string of the molecule is COc1ccc2c(c1)CCc1nc(NC(=O)Cc3ccc(F)c(F)c3)c(-c3ccccc3)nc1-2. The van der Waals surface area contributed by atoms with E-state index in [0.29, 0.717) is 23.5 Å². The molecule has 0 unspecified atom stereocenters. The summed E-state index contributed by atoms with van der Waals surface area (Å²) in [6.45, 7) is 0. The second-order valence-electron chi connectivity index (χ2n) is 8.08. The van der Waals surface area contributed by atoms with Gasteiger partial charge in [0.2, 0.25) is 5.91 Å². The molecule has 0 aliphatic heterocycles. The molecule has 5 rings (SSSR count). The van der Waals surface area contributed by atoms with E-state index >= 15 is 0 Å². The molecule has 0 atom stereocenters. The molecule has 7 heteroatoms. The first-order valence-corrected chi connectivity index (χ1v) is 10.9. The van der Waals surface area contributed by atoms with E-state index < -0.39 is 17.5 Å². The average Bonchev–Trinajstić information content (AvgIpc) is 2.86. The van der Waals surface area contributed by atoms with Gasteiger partial charge in [0.05, 0.1) is 24.9 Å². The number of halogens is 2. The van der Waals surface area contributed by atoms with Crippen molar-refractivity contribution in [2.24, 2.45) is 0 Å². The summed E-state index contributed by atoms with van der Waals surface area (Å²) in [5, 5.41) is 2.84. The molecular weight excluding hydrogens is 436 g/mol. The summed E-state index contributed by atoms with van der Waals surface area (Å²) in [5.74, 6) is -1.19. The van der Waals surface area contributed by atoms with Gasteiger partial charge in [-0.2, -0.15) is 0 Å². The smallest absolute Gasteiger partial charge is 0.230 e. The summed E-state index contributed by atoms with van der Waals surface area (Å²) in [5.41, 5.74) is 5.41. The number of rotatable bonds is 5. The number of hydrogen-bond donors (Lipinski definition) is 1. The van der Waals surface area contributed by atoms with Gasteiger partial charge in [0.15, 0.2) is 17.5 Å². The maximum absolute atomic E-state index is 13.6. The second-order valence-corrected chi connectivity index (χ2v) is 8.08. The van der Waals surface area contributed by atoms with E-state index in [1.807, 2.05) is 48.5 Å². The molecule has 0 radical (unpaired) electrons. The molecule has 1 aromatic heterocycles. The largest absolute Gasteiger partial charge is 0.497 e. The zero-order chi connectivity index (χ0) is 23.7. The number of fused-ring (bicyclic) bond motifs is 3. The number of carbonyl (C=O) groups is 1. The lowest BCUT2D eigenvalue weighted by Gasteiger charge is -2.21. The summed E-state index contributed by atoms with van der Waals surface area (Å²) < 4.78 is 32.2. The van der Waals surface area contributed by atoms with Gasteiger partial charge < -0.3 is 10.1 Å². The van der Waals surface area contributed by atoms with E-state index in [9.17, 15) is 13.6 Å². The van der Waals surface area contributed by atoms with E-state index in [1.165, 1.54) is 6.07 Å². The quantitative estimate of drug-likeness (QED) is 0.437. The Kier molecular flexibility index (Phi) is 5.76. The molecule has 0 saturated heterocycles. The van der Waals surface area contributed by atoms with E-state index in [-0.39, 0.29) is 6.42 Å². The van der Waals surface area contributed by atoms with Crippen LogP contribution in [0, 0.1) is 11.6 Å². The van der Waals surface area contributed by atoms with Gasteiger partial charge in [-0.15, -0.1) is 0 Å². The van der Waals surface area contributed by atoms with Crippen LogP contribution in [0.15, 0.2) is 66.7 Å². The fourth-order valence-electron chi connectivity index (χ4n) is 4.14. The third-order valence-corrected chi connectivity index (χ3v) is 5.82. The molecule has 1 aliphatic carbocycles. The highest BCUT2D eigenvalue weighted by atomic mass is 19.2. The number of aryl methyl sites for hydroxylation is 2. The van der Waals surface area contributed by atoms with E-state index in [2.05, 4.69) is 5.32 Å². The Morgan fingerprint density at radius 1 is 0.941 bits per heavy atom. The van der Waals surface area contributed by atoms with Crippen molar-refractivity contribution in [3.8, 4) is 28.3 Å². The number of nitrogens with one attached hydrogen (secondary N) is 1. The van der Waals surface area contributed by atoms with Gasteiger partial charge in [0.25, 0.3) is 0 Å². The molecule has 1 heterocycles. The number of carbonyl (C=O) groups excluding carboxylic acids is 1. The number of anilines is 1. The van der Waals surface area contributed by atoms with Crippen molar-refractivity contribution >= 4 is 11.7 Å². The van der Waals surface area contributed by atoms with Crippen LogP contribution in [0.1, 0.15) is 16.8 Å². The first kappa shape index (κ1) is 21.7. The lowest BCUT2D eigenvalue weighted by Crippen LogP contribution is -2.19. The molecule has 170 valence electrons. The Morgan fingerprint density at radius 2 is 1.76 bits per heavy atom. The van der Waals surface area contributed by atoms with Gasteiger partial charge in [-0.3, -0.25) is 4.79 Å². The lowest BCUT2D eigenvalue weighted by atomic mass is 9.91. The molecule has 0 spiro atoms. The molecule has 4 aromatic rings. The Bertz CT molecular complexity index is 1390. The summed E-state index contributed by atoms with van der Waals surface area (Å²) >= 11 is 0. The first-order chi connectivity index (χ1) is 16.5. The molecule has 0 bridgehead atoms. The third kappa shape index (κ3) is 4.24. The van der Waals surface area contributed by atoms with Gasteiger partial charge in [0.1, 0.15) is 11.4 Å². The van der Waals surface area contributed by atoms with Gasteiger partial charge >= 0.3 is 0 Å². The standard InChI is InChI=1S/C27H21F2N3O2/c1-34-19-9-10-20-18(15-19)8-12-23-26(20)32-25(17-5-3-2-4-6-17)27(30-23)31-24(33)14-16-7-11-21(28)22(29)13-16/h2-7,9-11,13,15H,8,12,14H2,1H3,(H,30,31,33). The molecule has 3 aromatic carbocycles. The van der Waals surface area contributed by atoms with E-state index in [4.69, 9.17) is 14.7 Å². The monoisotopic (exact) mass is 457 g/mol. The molecule has 1 N–H and O–H groups in total. The highest BCUT2D eigenvalue weighted by molar-refractivity contribution is 5.95. The predicted octanol–water partition coefficient (Wildman–Crippen LogP) is 5.38. The van der Waals surface area contributed by atoms with Crippen LogP contribution in [0.25, 0.3) is 22.5 Å². The fourth-order valence-corrected chi connectivity index (χ4v) is 4.14. The van der Waals surface area contributed by atoms with Crippen molar-refractivity contribution in [1.29, 1.82) is 0 Å². The van der Waals surface area contributed by atoms with Crippen LogP contribution >= 0.6 is 0 Å². The number of benzene rings is 3. The van der Waals surface area contributed by atoms with Crippen molar-refractivity contribution in [1.82, 2.24) is 9.97 Å². The lowest BCUT2D eigenvalue weighted by molar-refractivity contribution is -0.115. The van der Waals surface area contributed by atoms with Gasteiger partial charge in [0, 0.05) is 11.1 Å². The minimum absolute atomic E-state index is 0.118. The third-order valence-electron chi connectivity index (χ3n) is 5.82. The molecule has 0 saturated carbocycles. The molecule has 5 nitrogen and oxygen atoms in total. The van der Waals surface area contributed by atoms with Gasteiger partial charge in [-0.05, 0) is 54.3 Å². The van der Waals surface area contributed by atoms with Crippen LogP contribution in [0.3, 0.4) is 0 Å². The molecular formula is C27H21F2N3O2. The van der Waals surface area contributed by atoms with Crippen LogP contribution in [-0.2, 0) is 24.1 Å². The van der Waals surface area contributed by atoms with Gasteiger partial charge in [-0.25, -0.2) is 18.7 Å². The highest BCUT2D eigenvalue weighted by Crippen LogP contribution is 2.37. The summed E-state index contributed by atoms with van der Waals surface area (Å²) in [7, 11) is 1.64. The number of methoxy groups -OCH3 is 1. The summed E-state index contributed by atoms with van der Waals surface area (Å²) in [6, 6.07) is 18.8. The van der Waals surface area contributed by atoms with Crippen molar-refractivity contribution in [3.63, 3.8) is 0 Å². The van der Waals surface area contributed by atoms with Crippen LogP contribution in [0.4, 0.5) is 14.6 Å². The van der Waals surface area contributed by atoms with Crippen LogP contribution < -0.4 is 10.1 Å². The first-order valence-electron chi connectivity index (χ1n) is 10.9. The summed E-state index contributed by atoms with van der Waals surface area (Å²) in [4.78, 5) is 22.5. The Labute approximate surface area is 195 Å². The fraction of sp³-hybridized carbons (Fsp3) is 0.148. The zero-order valence-electron chi connectivity index (χ0n) is 18.4. The average molecular weight is 457 g/mol. The highest BCUT2D eigenvalue weighted by Gasteiger charge is 2.23. The topological polar surface area (TPSA) is 64.1 Å². The van der Waals surface area contributed by atoms with E-state index in [1.54, 1.807) is 7.11 Å². The van der Waals surface area contributed by atoms with Crippen molar-refractivity contribution in [2.75, 3.05) is 12.4 Å². The summed E-state index contributed by atoms with van der Waals surface area (Å²) in [6.07, 6.45) is 1.33. The van der Waals surface area contributed by atoms with Gasteiger partial charge in [-0.1, -0.05) is 36.4 Å². The number of hydrogen-bond acceptors (Lipinski definition) is 4. The Morgan fingerprint density at radius 3 is 2.53 bits per heavy atom. The van der Waals surface area contributed by atoms with Crippen LogP contribution in [0.2, 0.25) is 0 Å². The zero-order valence-corrected chi connectivity index (χ0v) is 18.4. The second kappa shape index (κ2) is 9.02. The number of nitrogens with zero attached hydrogens (tertiary/aromatic N) is 2. The van der Waals surface area contributed by atoms with Crippen LogP contribution in [0.5, 0.6) is 5.75 Å². The molecule has 1 aliphatic rings. The molecule has 0 fully saturated rings. The number of amides is 1. The van der Waals surface area contributed by atoms with E-state index in [0.717, 1.165) is 52.4 Å². The molecule has 1 amide bonds. The Hall–Kier alpha value is -4.13. The maximum Gasteiger partial charge on any atom is 0.230 e. The molecule has 34 heavy (non-hydrogen) atoms.